The van der Waals surface area contributed by atoms with Crippen LogP contribution in [-0.4, -0.2) is 53.3 Å². The van der Waals surface area contributed by atoms with Crippen LogP contribution < -0.4 is 0 Å². The Kier molecular flexibility index (Phi) is 5.04. The van der Waals surface area contributed by atoms with E-state index in [4.69, 9.17) is 18.1 Å². The van der Waals surface area contributed by atoms with Crippen molar-refractivity contribution in [3.8, 4) is 0 Å². The SMILES string of the molecule is CC(C)(O)C(C)(C)O.[B]C1=CCN(C2CC2)CC1. The van der Waals surface area contributed by atoms with Gasteiger partial charge in [0.15, 0.2) is 0 Å². The number of hydrogen-bond donors (Lipinski definition) is 2. The molecule has 1 fully saturated rings. The summed E-state index contributed by atoms with van der Waals surface area (Å²) in [7, 11) is 5.65. The molecule has 1 aliphatic carbocycles. The third kappa shape index (κ3) is 5.13. The molecule has 18 heavy (non-hydrogen) atoms. The lowest BCUT2D eigenvalue weighted by Gasteiger charge is -2.31. The summed E-state index contributed by atoms with van der Waals surface area (Å²) >= 11 is 0. The molecule has 2 radical (unpaired) electrons. The molecule has 0 saturated heterocycles. The molecule has 4 heteroatoms. The largest absolute Gasteiger partial charge is 0.387 e. The molecule has 0 bridgehead atoms. The van der Waals surface area contributed by atoms with Gasteiger partial charge in [0.25, 0.3) is 0 Å². The molecule has 1 heterocycles. The van der Waals surface area contributed by atoms with Crippen molar-refractivity contribution in [2.45, 2.75) is 64.2 Å². The van der Waals surface area contributed by atoms with Crippen LogP contribution in [0.25, 0.3) is 0 Å². The molecule has 2 rings (SSSR count). The van der Waals surface area contributed by atoms with E-state index in [1.807, 2.05) is 0 Å². The molecule has 102 valence electrons. The van der Waals surface area contributed by atoms with Crippen molar-refractivity contribution in [1.82, 2.24) is 4.90 Å². The Morgan fingerprint density at radius 1 is 1.17 bits per heavy atom. The molecule has 0 aromatic carbocycles. The molecule has 1 saturated carbocycles. The number of nitrogens with zero attached hydrogens (tertiary/aromatic N) is 1. The van der Waals surface area contributed by atoms with Gasteiger partial charge in [-0.05, 0) is 47.0 Å². The fourth-order valence-corrected chi connectivity index (χ4v) is 1.47. The Hall–Kier alpha value is -0.315. The zero-order valence-electron chi connectivity index (χ0n) is 12.1. The molecule has 2 aliphatic rings. The van der Waals surface area contributed by atoms with Gasteiger partial charge in [-0.25, -0.2) is 0 Å². The Morgan fingerprint density at radius 3 is 1.94 bits per heavy atom. The smallest absolute Gasteiger partial charge is 0.107 e. The highest BCUT2D eigenvalue weighted by molar-refractivity contribution is 6.21. The maximum atomic E-state index is 9.10. The third-order valence-electron chi connectivity index (χ3n) is 3.84. The normalized spacial score (nSPS) is 22.0. The minimum absolute atomic E-state index is 0.907. The Labute approximate surface area is 112 Å². The van der Waals surface area contributed by atoms with Crippen molar-refractivity contribution >= 4 is 7.85 Å². The van der Waals surface area contributed by atoms with Crippen molar-refractivity contribution in [3.05, 3.63) is 11.5 Å². The Morgan fingerprint density at radius 2 is 1.67 bits per heavy atom. The average Bonchev–Trinajstić information content (AvgIpc) is 3.00. The predicted octanol–water partition coefficient (Wildman–Crippen LogP) is 1.44. The summed E-state index contributed by atoms with van der Waals surface area (Å²) in [4.78, 5) is 2.52. The van der Waals surface area contributed by atoms with Gasteiger partial charge in [0.2, 0.25) is 0 Å². The van der Waals surface area contributed by atoms with E-state index in [1.54, 1.807) is 27.7 Å². The molecular weight excluding hydrogens is 225 g/mol. The highest BCUT2D eigenvalue weighted by Gasteiger charge is 2.32. The topological polar surface area (TPSA) is 43.7 Å². The zero-order chi connectivity index (χ0) is 14.0. The first kappa shape index (κ1) is 15.7. The summed E-state index contributed by atoms with van der Waals surface area (Å²) in [6.07, 6.45) is 6.06. The van der Waals surface area contributed by atoms with E-state index in [0.29, 0.717) is 0 Å². The van der Waals surface area contributed by atoms with Crippen LogP contribution in [0.4, 0.5) is 0 Å². The lowest BCUT2D eigenvalue weighted by Crippen LogP contribution is -2.44. The number of aliphatic hydroxyl groups is 2. The van der Waals surface area contributed by atoms with Crippen LogP contribution in [0.1, 0.15) is 47.0 Å². The molecule has 2 N–H and O–H groups in total. The zero-order valence-corrected chi connectivity index (χ0v) is 12.1. The third-order valence-corrected chi connectivity index (χ3v) is 3.84. The van der Waals surface area contributed by atoms with Crippen LogP contribution >= 0.6 is 0 Å². The summed E-state index contributed by atoms with van der Waals surface area (Å²) in [6.45, 7) is 8.59. The van der Waals surface area contributed by atoms with Gasteiger partial charge in [-0.15, -0.1) is 5.47 Å². The minimum Gasteiger partial charge on any atom is -0.387 e. The van der Waals surface area contributed by atoms with Crippen LogP contribution in [-0.2, 0) is 0 Å². The lowest BCUT2D eigenvalue weighted by molar-refractivity contribution is -0.107. The molecule has 0 atom stereocenters. The highest BCUT2D eigenvalue weighted by atomic mass is 16.3. The van der Waals surface area contributed by atoms with Gasteiger partial charge < -0.3 is 10.2 Å². The fraction of sp³-hybridized carbons (Fsp3) is 0.857. The summed E-state index contributed by atoms with van der Waals surface area (Å²) in [5, 5.41) is 18.2. The van der Waals surface area contributed by atoms with Crippen molar-refractivity contribution in [3.63, 3.8) is 0 Å². The number of hydrogen-bond acceptors (Lipinski definition) is 3. The maximum absolute atomic E-state index is 9.10. The predicted molar refractivity (Wildman–Crippen MR) is 75.6 cm³/mol. The van der Waals surface area contributed by atoms with Gasteiger partial charge in [-0.1, -0.05) is 6.08 Å². The van der Waals surface area contributed by atoms with E-state index in [0.717, 1.165) is 24.5 Å². The maximum Gasteiger partial charge on any atom is 0.107 e. The second kappa shape index (κ2) is 5.76. The van der Waals surface area contributed by atoms with E-state index in [-0.39, 0.29) is 0 Å². The molecular formula is C14H26BNO2. The minimum atomic E-state index is -1.01. The van der Waals surface area contributed by atoms with Gasteiger partial charge in [0.05, 0.1) is 11.2 Å². The monoisotopic (exact) mass is 251 g/mol. The van der Waals surface area contributed by atoms with E-state index in [2.05, 4.69) is 11.0 Å². The van der Waals surface area contributed by atoms with Crippen molar-refractivity contribution in [2.75, 3.05) is 13.1 Å². The first-order valence-electron chi connectivity index (χ1n) is 6.74. The second-order valence-corrected chi connectivity index (χ2v) is 6.37. The average molecular weight is 251 g/mol. The van der Waals surface area contributed by atoms with E-state index < -0.39 is 11.2 Å². The molecule has 0 unspecified atom stereocenters. The van der Waals surface area contributed by atoms with Crippen LogP contribution in [0.15, 0.2) is 11.5 Å². The molecule has 0 spiro atoms. The Bertz CT molecular complexity index is 286. The van der Waals surface area contributed by atoms with Gasteiger partial charge >= 0.3 is 0 Å². The second-order valence-electron chi connectivity index (χ2n) is 6.37. The van der Waals surface area contributed by atoms with Crippen molar-refractivity contribution in [1.29, 1.82) is 0 Å². The summed E-state index contributed by atoms with van der Waals surface area (Å²) in [5.41, 5.74) is -0.933. The Balaban J connectivity index is 0.000000187. The summed E-state index contributed by atoms with van der Waals surface area (Å²) in [5.74, 6) is 0. The van der Waals surface area contributed by atoms with Gasteiger partial charge in [-0.3, -0.25) is 4.90 Å². The van der Waals surface area contributed by atoms with Crippen LogP contribution in [0.2, 0.25) is 0 Å². The van der Waals surface area contributed by atoms with E-state index >= 15 is 0 Å². The van der Waals surface area contributed by atoms with Crippen molar-refractivity contribution < 1.29 is 10.2 Å². The molecule has 1 aliphatic heterocycles. The fourth-order valence-electron chi connectivity index (χ4n) is 1.47. The van der Waals surface area contributed by atoms with Crippen molar-refractivity contribution in [2.24, 2.45) is 0 Å². The molecule has 0 amide bonds. The van der Waals surface area contributed by atoms with E-state index in [9.17, 15) is 0 Å². The first-order chi connectivity index (χ1) is 8.11. The van der Waals surface area contributed by atoms with Gasteiger partial charge in [-0.2, -0.15) is 0 Å². The summed E-state index contributed by atoms with van der Waals surface area (Å²) in [6, 6.07) is 0.907. The van der Waals surface area contributed by atoms with E-state index in [1.165, 1.54) is 19.4 Å². The first-order valence-corrected chi connectivity index (χ1v) is 6.74. The van der Waals surface area contributed by atoms with Crippen LogP contribution in [0, 0.1) is 0 Å². The summed E-state index contributed by atoms with van der Waals surface area (Å²) < 4.78 is 0. The molecule has 0 aromatic heterocycles. The molecule has 0 aromatic rings. The van der Waals surface area contributed by atoms with Crippen LogP contribution in [0.3, 0.4) is 0 Å². The quantitative estimate of drug-likeness (QED) is 0.730. The van der Waals surface area contributed by atoms with Gasteiger partial charge in [0, 0.05) is 19.1 Å². The standard InChI is InChI=1S/C8H12BN.C6H14O2/c9-7-3-5-10(6-4-7)8-1-2-8;1-5(2,7)6(3,4)8/h3,8H,1-2,4-6H2;7-8H,1-4H3. The molecule has 3 nitrogen and oxygen atoms in total. The number of rotatable bonds is 2. The van der Waals surface area contributed by atoms with Crippen LogP contribution in [0.5, 0.6) is 0 Å². The van der Waals surface area contributed by atoms with Gasteiger partial charge in [0.1, 0.15) is 7.85 Å². The highest BCUT2D eigenvalue weighted by Crippen LogP contribution is 2.28. The lowest BCUT2D eigenvalue weighted by atomic mass is 9.90.